The molecule has 2 rings (SSSR count). The lowest BCUT2D eigenvalue weighted by Gasteiger charge is -2.35. The Morgan fingerprint density at radius 3 is 2.63 bits per heavy atom. The van der Waals surface area contributed by atoms with Crippen LogP contribution in [0.25, 0.3) is 0 Å². The number of aliphatic hydroxyl groups is 1. The molecule has 1 fully saturated rings. The van der Waals surface area contributed by atoms with Gasteiger partial charge in [0.1, 0.15) is 5.82 Å². The smallest absolute Gasteiger partial charge is 0.408 e. The van der Waals surface area contributed by atoms with E-state index in [0.717, 1.165) is 0 Å². The second-order valence-corrected chi connectivity index (χ2v) is 5.51. The molecular weight excluding hydrogens is 249 g/mol. The molecule has 1 aromatic carbocycles. The largest absolute Gasteiger partial charge is 0.465 e. The first-order chi connectivity index (χ1) is 8.80. The second kappa shape index (κ2) is 4.81. The Bertz CT molecular complexity index is 484. The molecule has 2 atom stereocenters. The fourth-order valence-electron chi connectivity index (χ4n) is 2.81. The fourth-order valence-corrected chi connectivity index (χ4v) is 2.81. The van der Waals surface area contributed by atoms with Crippen LogP contribution < -0.4 is 0 Å². The molecule has 0 spiro atoms. The molecule has 1 amide bonds. The van der Waals surface area contributed by atoms with Gasteiger partial charge >= 0.3 is 6.09 Å². The standard InChI is InChI=1S/C14H18FNO3/c1-14(2,19)12-7-6-11(16(12)13(17)18)9-4-3-5-10(15)8-9/h3-5,8,11-12,19H,6-7H2,1-2H3,(H,17,18)/t11-,12+/m0/s1. The van der Waals surface area contributed by atoms with E-state index in [1.807, 2.05) is 0 Å². The Labute approximate surface area is 111 Å². The predicted octanol–water partition coefficient (Wildman–Crippen LogP) is 2.78. The van der Waals surface area contributed by atoms with Crippen LogP contribution in [-0.2, 0) is 0 Å². The third-order valence-corrected chi connectivity index (χ3v) is 3.65. The van der Waals surface area contributed by atoms with Crippen molar-refractivity contribution in [3.05, 3.63) is 35.6 Å². The molecule has 4 nitrogen and oxygen atoms in total. The number of carboxylic acid groups (broad SMARTS) is 1. The lowest BCUT2D eigenvalue weighted by molar-refractivity contribution is -0.00675. The van der Waals surface area contributed by atoms with Crippen molar-refractivity contribution >= 4 is 6.09 Å². The highest BCUT2D eigenvalue weighted by Crippen LogP contribution is 2.40. The molecule has 0 saturated carbocycles. The zero-order valence-corrected chi connectivity index (χ0v) is 11.0. The molecule has 2 N–H and O–H groups in total. The summed E-state index contributed by atoms with van der Waals surface area (Å²) in [6.07, 6.45) is 0.0698. The van der Waals surface area contributed by atoms with Gasteiger partial charge in [-0.25, -0.2) is 9.18 Å². The molecule has 1 aliphatic rings. The van der Waals surface area contributed by atoms with Gasteiger partial charge in [0.25, 0.3) is 0 Å². The molecule has 0 aliphatic carbocycles. The van der Waals surface area contributed by atoms with Crippen LogP contribution in [0.1, 0.15) is 38.3 Å². The summed E-state index contributed by atoms with van der Waals surface area (Å²) in [5.41, 5.74) is -0.477. The van der Waals surface area contributed by atoms with Crippen LogP contribution in [0.15, 0.2) is 24.3 Å². The number of hydrogen-bond acceptors (Lipinski definition) is 2. The topological polar surface area (TPSA) is 60.8 Å². The minimum absolute atomic E-state index is 0.380. The first-order valence-corrected chi connectivity index (χ1v) is 6.30. The average molecular weight is 267 g/mol. The van der Waals surface area contributed by atoms with Gasteiger partial charge in [-0.05, 0) is 44.4 Å². The minimum Gasteiger partial charge on any atom is -0.465 e. The number of amides is 1. The second-order valence-electron chi connectivity index (χ2n) is 5.51. The Morgan fingerprint density at radius 1 is 1.42 bits per heavy atom. The van der Waals surface area contributed by atoms with Crippen LogP contribution in [-0.4, -0.2) is 32.8 Å². The lowest BCUT2D eigenvalue weighted by Crippen LogP contribution is -2.48. The van der Waals surface area contributed by atoms with Crippen molar-refractivity contribution < 1.29 is 19.4 Å². The molecule has 0 radical (unpaired) electrons. The summed E-state index contributed by atoms with van der Waals surface area (Å²) >= 11 is 0. The number of hydrogen-bond donors (Lipinski definition) is 2. The summed E-state index contributed by atoms with van der Waals surface area (Å²) < 4.78 is 13.3. The highest BCUT2D eigenvalue weighted by molar-refractivity contribution is 5.67. The summed E-state index contributed by atoms with van der Waals surface area (Å²) in [4.78, 5) is 12.7. The van der Waals surface area contributed by atoms with E-state index in [9.17, 15) is 19.4 Å². The number of rotatable bonds is 2. The van der Waals surface area contributed by atoms with Crippen molar-refractivity contribution in [1.29, 1.82) is 0 Å². The number of nitrogens with zero attached hydrogens (tertiary/aromatic N) is 1. The maximum Gasteiger partial charge on any atom is 0.408 e. The predicted molar refractivity (Wildman–Crippen MR) is 68.3 cm³/mol. The van der Waals surface area contributed by atoms with Crippen LogP contribution in [0.3, 0.4) is 0 Å². The van der Waals surface area contributed by atoms with Crippen LogP contribution in [0.5, 0.6) is 0 Å². The van der Waals surface area contributed by atoms with Gasteiger partial charge in [-0.3, -0.25) is 4.90 Å². The van der Waals surface area contributed by atoms with Gasteiger partial charge in [-0.1, -0.05) is 12.1 Å². The number of likely N-dealkylation sites (tertiary alicyclic amines) is 1. The van der Waals surface area contributed by atoms with E-state index in [1.165, 1.54) is 17.0 Å². The number of halogens is 1. The molecule has 1 heterocycles. The maximum absolute atomic E-state index is 13.3. The zero-order valence-electron chi connectivity index (χ0n) is 11.0. The summed E-state index contributed by atoms with van der Waals surface area (Å²) in [6, 6.07) is 5.10. The van der Waals surface area contributed by atoms with Crippen LogP contribution >= 0.6 is 0 Å². The van der Waals surface area contributed by atoms with E-state index >= 15 is 0 Å². The van der Waals surface area contributed by atoms with Crippen molar-refractivity contribution in [2.24, 2.45) is 0 Å². The Kier molecular flexibility index (Phi) is 3.49. The fraction of sp³-hybridized carbons (Fsp3) is 0.500. The molecule has 0 bridgehead atoms. The lowest BCUT2D eigenvalue weighted by atomic mass is 9.97. The molecular formula is C14H18FNO3. The quantitative estimate of drug-likeness (QED) is 0.866. The van der Waals surface area contributed by atoms with Crippen molar-refractivity contribution in [3.8, 4) is 0 Å². The first-order valence-electron chi connectivity index (χ1n) is 6.30. The van der Waals surface area contributed by atoms with Crippen LogP contribution in [0, 0.1) is 5.82 Å². The van der Waals surface area contributed by atoms with Gasteiger partial charge < -0.3 is 10.2 Å². The van der Waals surface area contributed by atoms with Crippen molar-refractivity contribution in [1.82, 2.24) is 4.90 Å². The van der Waals surface area contributed by atoms with E-state index in [0.29, 0.717) is 18.4 Å². The van der Waals surface area contributed by atoms with Crippen molar-refractivity contribution in [2.75, 3.05) is 0 Å². The van der Waals surface area contributed by atoms with E-state index < -0.39 is 23.8 Å². The van der Waals surface area contributed by atoms with Crippen LogP contribution in [0.4, 0.5) is 9.18 Å². The Hall–Kier alpha value is -1.62. The van der Waals surface area contributed by atoms with E-state index in [1.54, 1.807) is 26.0 Å². The van der Waals surface area contributed by atoms with E-state index in [-0.39, 0.29) is 5.82 Å². The highest BCUT2D eigenvalue weighted by Gasteiger charge is 2.44. The van der Waals surface area contributed by atoms with Gasteiger partial charge in [0, 0.05) is 0 Å². The van der Waals surface area contributed by atoms with Gasteiger partial charge in [-0.2, -0.15) is 0 Å². The normalized spacial score (nSPS) is 23.7. The molecule has 1 aromatic rings. The zero-order chi connectivity index (χ0) is 14.2. The molecule has 5 heteroatoms. The van der Waals surface area contributed by atoms with Crippen molar-refractivity contribution in [2.45, 2.75) is 44.4 Å². The van der Waals surface area contributed by atoms with Crippen molar-refractivity contribution in [3.63, 3.8) is 0 Å². The SMILES string of the molecule is CC(C)(O)[C@H]1CC[C@@H](c2cccc(F)c2)N1C(=O)O. The number of benzene rings is 1. The first kappa shape index (κ1) is 13.8. The molecule has 104 valence electrons. The van der Waals surface area contributed by atoms with E-state index in [2.05, 4.69) is 0 Å². The van der Waals surface area contributed by atoms with Gasteiger partial charge in [0.2, 0.25) is 0 Å². The Morgan fingerprint density at radius 2 is 2.11 bits per heavy atom. The summed E-state index contributed by atoms with van der Waals surface area (Å²) in [5.74, 6) is -0.380. The highest BCUT2D eigenvalue weighted by atomic mass is 19.1. The van der Waals surface area contributed by atoms with Gasteiger partial charge in [-0.15, -0.1) is 0 Å². The molecule has 1 aliphatic heterocycles. The molecule has 19 heavy (non-hydrogen) atoms. The molecule has 0 unspecified atom stereocenters. The minimum atomic E-state index is -1.11. The number of carbonyl (C=O) groups is 1. The molecule has 0 aromatic heterocycles. The third-order valence-electron chi connectivity index (χ3n) is 3.65. The maximum atomic E-state index is 13.3. The van der Waals surface area contributed by atoms with Crippen LogP contribution in [0.2, 0.25) is 0 Å². The summed E-state index contributed by atoms with van der Waals surface area (Å²) in [5, 5.41) is 19.4. The van der Waals surface area contributed by atoms with E-state index in [4.69, 9.17) is 0 Å². The average Bonchev–Trinajstić information content (AvgIpc) is 2.72. The van der Waals surface area contributed by atoms with Gasteiger partial charge in [0.05, 0.1) is 17.7 Å². The van der Waals surface area contributed by atoms with Gasteiger partial charge in [0.15, 0.2) is 0 Å². The summed E-state index contributed by atoms with van der Waals surface area (Å²) in [7, 11) is 0. The molecule has 1 saturated heterocycles. The summed E-state index contributed by atoms with van der Waals surface area (Å²) in [6.45, 7) is 3.20. The third kappa shape index (κ3) is 2.71. The monoisotopic (exact) mass is 267 g/mol. The Balaban J connectivity index is 2.34.